The van der Waals surface area contributed by atoms with Gasteiger partial charge >= 0.3 is 7.12 Å². The lowest BCUT2D eigenvalue weighted by molar-refractivity contribution is 0.00578. The van der Waals surface area contributed by atoms with Crippen LogP contribution in [0, 0.1) is 5.82 Å². The van der Waals surface area contributed by atoms with E-state index in [4.69, 9.17) is 9.31 Å². The molecular formula is C14H20BBrFNO2. The van der Waals surface area contributed by atoms with Crippen molar-refractivity contribution in [1.82, 2.24) is 0 Å². The second-order valence-electron chi connectivity index (χ2n) is 6.31. The minimum Gasteiger partial charge on any atom is -0.399 e. The summed E-state index contributed by atoms with van der Waals surface area (Å²) in [6, 6.07) is 3.36. The molecule has 1 aliphatic rings. The van der Waals surface area contributed by atoms with Crippen molar-refractivity contribution in [2.75, 3.05) is 19.0 Å². The van der Waals surface area contributed by atoms with E-state index in [9.17, 15) is 4.39 Å². The molecular weight excluding hydrogens is 324 g/mol. The Morgan fingerprint density at radius 3 is 2.00 bits per heavy atom. The van der Waals surface area contributed by atoms with Gasteiger partial charge in [-0.1, -0.05) is 15.9 Å². The maximum Gasteiger partial charge on any atom is 0.499 e. The van der Waals surface area contributed by atoms with Crippen molar-refractivity contribution < 1.29 is 13.7 Å². The molecule has 20 heavy (non-hydrogen) atoms. The molecule has 0 unspecified atom stereocenters. The van der Waals surface area contributed by atoms with E-state index in [1.54, 1.807) is 0 Å². The first kappa shape index (κ1) is 15.8. The van der Waals surface area contributed by atoms with Crippen molar-refractivity contribution in [3.05, 3.63) is 22.4 Å². The van der Waals surface area contributed by atoms with Gasteiger partial charge in [0.15, 0.2) is 0 Å². The van der Waals surface area contributed by atoms with E-state index in [1.165, 1.54) is 6.07 Å². The highest BCUT2D eigenvalue weighted by Crippen LogP contribution is 2.37. The van der Waals surface area contributed by atoms with Crippen LogP contribution in [0.2, 0.25) is 0 Å². The van der Waals surface area contributed by atoms with Gasteiger partial charge in [-0.25, -0.2) is 4.39 Å². The van der Waals surface area contributed by atoms with Gasteiger partial charge in [0.05, 0.1) is 11.2 Å². The van der Waals surface area contributed by atoms with Gasteiger partial charge in [-0.05, 0) is 39.8 Å². The largest absolute Gasteiger partial charge is 0.499 e. The normalized spacial score (nSPS) is 20.3. The van der Waals surface area contributed by atoms with E-state index in [2.05, 4.69) is 15.9 Å². The van der Waals surface area contributed by atoms with Gasteiger partial charge in [-0.15, -0.1) is 0 Å². The lowest BCUT2D eigenvalue weighted by Crippen LogP contribution is -2.41. The fourth-order valence-electron chi connectivity index (χ4n) is 2.02. The third-order valence-corrected chi connectivity index (χ3v) is 4.73. The Labute approximate surface area is 128 Å². The average Bonchev–Trinajstić information content (AvgIpc) is 2.46. The number of rotatable bonds is 2. The molecule has 110 valence electrons. The first-order chi connectivity index (χ1) is 9.05. The highest BCUT2D eigenvalue weighted by molar-refractivity contribution is 9.10. The molecule has 0 aromatic heterocycles. The van der Waals surface area contributed by atoms with E-state index in [0.29, 0.717) is 9.94 Å². The Bertz CT molecular complexity index is 495. The van der Waals surface area contributed by atoms with E-state index in [0.717, 1.165) is 5.69 Å². The van der Waals surface area contributed by atoms with Gasteiger partial charge in [0.1, 0.15) is 5.82 Å². The molecule has 0 spiro atoms. The minimum atomic E-state index is -0.703. The Morgan fingerprint density at radius 2 is 1.60 bits per heavy atom. The lowest BCUT2D eigenvalue weighted by Gasteiger charge is -2.32. The number of halogens is 2. The molecule has 0 saturated carbocycles. The maximum absolute atomic E-state index is 14.4. The van der Waals surface area contributed by atoms with Crippen LogP contribution in [0.3, 0.4) is 0 Å². The van der Waals surface area contributed by atoms with Crippen LogP contribution in [-0.2, 0) is 9.31 Å². The van der Waals surface area contributed by atoms with E-state index in [1.807, 2.05) is 52.8 Å². The van der Waals surface area contributed by atoms with Crippen molar-refractivity contribution in [1.29, 1.82) is 0 Å². The minimum absolute atomic E-state index is 0.332. The monoisotopic (exact) mass is 343 g/mol. The van der Waals surface area contributed by atoms with Crippen molar-refractivity contribution in [3.8, 4) is 0 Å². The number of anilines is 1. The lowest BCUT2D eigenvalue weighted by atomic mass is 9.78. The van der Waals surface area contributed by atoms with Crippen LogP contribution >= 0.6 is 15.9 Å². The van der Waals surface area contributed by atoms with Gasteiger partial charge in [0.2, 0.25) is 0 Å². The molecule has 1 fully saturated rings. The topological polar surface area (TPSA) is 21.7 Å². The Balaban J connectivity index is 2.41. The van der Waals surface area contributed by atoms with Crippen LogP contribution in [0.4, 0.5) is 10.1 Å². The number of nitrogens with zero attached hydrogens (tertiary/aromatic N) is 1. The summed E-state index contributed by atoms with van der Waals surface area (Å²) < 4.78 is 26.9. The molecule has 1 aromatic rings. The maximum atomic E-state index is 14.4. The van der Waals surface area contributed by atoms with E-state index < -0.39 is 18.3 Å². The summed E-state index contributed by atoms with van der Waals surface area (Å²) in [7, 11) is 3.04. The highest BCUT2D eigenvalue weighted by Gasteiger charge is 2.53. The van der Waals surface area contributed by atoms with E-state index >= 15 is 0 Å². The average molecular weight is 344 g/mol. The Kier molecular flexibility index (Phi) is 3.95. The van der Waals surface area contributed by atoms with Gasteiger partial charge in [0.25, 0.3) is 0 Å². The highest BCUT2D eigenvalue weighted by atomic mass is 79.9. The van der Waals surface area contributed by atoms with Gasteiger partial charge < -0.3 is 14.2 Å². The SMILES string of the molecule is CN(C)c1cc(F)c(B2OC(C)(C)C(C)(C)O2)c(Br)c1. The Hall–Kier alpha value is -0.585. The van der Waals surface area contributed by atoms with Crippen molar-refractivity contribution in [2.24, 2.45) is 0 Å². The summed E-state index contributed by atoms with van der Waals surface area (Å²) >= 11 is 3.42. The molecule has 0 N–H and O–H groups in total. The van der Waals surface area contributed by atoms with Crippen LogP contribution < -0.4 is 10.4 Å². The van der Waals surface area contributed by atoms with Crippen LogP contribution in [0.15, 0.2) is 16.6 Å². The fourth-order valence-corrected chi connectivity index (χ4v) is 2.63. The predicted molar refractivity (Wildman–Crippen MR) is 84.1 cm³/mol. The number of hydrogen-bond acceptors (Lipinski definition) is 3. The zero-order valence-electron chi connectivity index (χ0n) is 12.8. The summed E-state index contributed by atoms with van der Waals surface area (Å²) in [4.78, 5) is 1.85. The molecule has 2 rings (SSSR count). The van der Waals surface area contributed by atoms with Gasteiger partial charge in [-0.2, -0.15) is 0 Å². The first-order valence-electron chi connectivity index (χ1n) is 6.57. The quantitative estimate of drug-likeness (QED) is 0.770. The third kappa shape index (κ3) is 2.61. The second-order valence-corrected chi connectivity index (χ2v) is 7.16. The zero-order valence-corrected chi connectivity index (χ0v) is 14.3. The Morgan fingerprint density at radius 1 is 1.10 bits per heavy atom. The number of benzene rings is 1. The van der Waals surface area contributed by atoms with Crippen LogP contribution in [0.5, 0.6) is 0 Å². The molecule has 0 aliphatic carbocycles. The molecule has 1 aromatic carbocycles. The van der Waals surface area contributed by atoms with Crippen molar-refractivity contribution in [3.63, 3.8) is 0 Å². The molecule has 1 aliphatic heterocycles. The molecule has 0 atom stereocenters. The predicted octanol–water partition coefficient (Wildman–Crippen LogP) is 2.95. The van der Waals surface area contributed by atoms with Gasteiger partial charge in [0, 0.05) is 29.7 Å². The standard InChI is InChI=1S/C14H20BBrFNO2/c1-13(2)14(3,4)20-15(19-13)12-10(16)7-9(18(5)6)8-11(12)17/h7-8H,1-6H3. The van der Waals surface area contributed by atoms with Crippen LogP contribution in [0.1, 0.15) is 27.7 Å². The van der Waals surface area contributed by atoms with E-state index in [-0.39, 0.29) is 5.82 Å². The third-order valence-electron chi connectivity index (χ3n) is 4.07. The van der Waals surface area contributed by atoms with Crippen LogP contribution in [0.25, 0.3) is 0 Å². The van der Waals surface area contributed by atoms with Crippen molar-refractivity contribution in [2.45, 2.75) is 38.9 Å². The van der Waals surface area contributed by atoms with Gasteiger partial charge in [-0.3, -0.25) is 0 Å². The van der Waals surface area contributed by atoms with Crippen LogP contribution in [-0.4, -0.2) is 32.4 Å². The zero-order chi connectivity index (χ0) is 15.3. The summed E-state index contributed by atoms with van der Waals surface area (Å²) in [6.45, 7) is 7.81. The summed E-state index contributed by atoms with van der Waals surface area (Å²) in [5.74, 6) is -0.332. The fraction of sp³-hybridized carbons (Fsp3) is 0.571. The smallest absolute Gasteiger partial charge is 0.399 e. The molecule has 0 radical (unpaired) electrons. The molecule has 3 nitrogen and oxygen atoms in total. The molecule has 0 bridgehead atoms. The number of hydrogen-bond donors (Lipinski definition) is 0. The second kappa shape index (κ2) is 5.00. The molecule has 0 amide bonds. The molecule has 1 heterocycles. The summed E-state index contributed by atoms with van der Waals surface area (Å²) in [5.41, 5.74) is 0.233. The first-order valence-corrected chi connectivity index (χ1v) is 7.36. The molecule has 6 heteroatoms. The van der Waals surface area contributed by atoms with Crippen molar-refractivity contribution >= 4 is 34.2 Å². The summed E-state index contributed by atoms with van der Waals surface area (Å²) in [6.07, 6.45) is 0. The summed E-state index contributed by atoms with van der Waals surface area (Å²) in [5, 5.41) is 0. The molecule has 1 saturated heterocycles.